The number of aryl methyl sites for hydroxylation is 1. The second kappa shape index (κ2) is 2.81. The highest BCUT2D eigenvalue weighted by Gasteiger charge is 2.18. The lowest BCUT2D eigenvalue weighted by molar-refractivity contribution is 0.572. The molecule has 0 fully saturated rings. The first-order chi connectivity index (χ1) is 5.83. The Hall–Kier alpha value is -0.980. The summed E-state index contributed by atoms with van der Waals surface area (Å²) in [5.74, 6) is 0.710. The van der Waals surface area contributed by atoms with Crippen molar-refractivity contribution in [3.8, 4) is 0 Å². The summed E-state index contributed by atoms with van der Waals surface area (Å²) in [5, 5.41) is 0. The van der Waals surface area contributed by atoms with Gasteiger partial charge in [-0.2, -0.15) is 0 Å². The zero-order valence-electron chi connectivity index (χ0n) is 7.59. The number of aromatic nitrogens is 1. The standard InChI is InChI=1S/C11H15N/c1-3-12-8-7-10-6-4-5-9(2)11(10)12/h3,7-9H,1,4-6H2,2H3. The maximum atomic E-state index is 3.81. The summed E-state index contributed by atoms with van der Waals surface area (Å²) in [6.45, 7) is 6.11. The summed E-state index contributed by atoms with van der Waals surface area (Å²) in [4.78, 5) is 0. The van der Waals surface area contributed by atoms with Crippen LogP contribution in [0.1, 0.15) is 36.9 Å². The first-order valence-corrected chi connectivity index (χ1v) is 4.65. The fourth-order valence-electron chi connectivity index (χ4n) is 2.18. The van der Waals surface area contributed by atoms with Gasteiger partial charge in [0.1, 0.15) is 0 Å². The van der Waals surface area contributed by atoms with Gasteiger partial charge in [0, 0.05) is 18.1 Å². The molecule has 0 spiro atoms. The van der Waals surface area contributed by atoms with Gasteiger partial charge in [-0.05, 0) is 36.8 Å². The van der Waals surface area contributed by atoms with Crippen LogP contribution in [0.25, 0.3) is 6.20 Å². The highest BCUT2D eigenvalue weighted by Crippen LogP contribution is 2.31. The SMILES string of the molecule is C=Cn1ccc2c1C(C)CCC2. The van der Waals surface area contributed by atoms with Gasteiger partial charge in [0.2, 0.25) is 0 Å². The Morgan fingerprint density at radius 2 is 2.50 bits per heavy atom. The van der Waals surface area contributed by atoms with Gasteiger partial charge in [-0.3, -0.25) is 0 Å². The number of hydrogen-bond donors (Lipinski definition) is 0. The Balaban J connectivity index is 2.50. The monoisotopic (exact) mass is 161 g/mol. The molecule has 0 saturated heterocycles. The van der Waals surface area contributed by atoms with Gasteiger partial charge in [0.25, 0.3) is 0 Å². The van der Waals surface area contributed by atoms with Gasteiger partial charge < -0.3 is 4.57 Å². The minimum atomic E-state index is 0.710. The van der Waals surface area contributed by atoms with Crippen molar-refractivity contribution in [1.29, 1.82) is 0 Å². The van der Waals surface area contributed by atoms with Crippen molar-refractivity contribution in [2.24, 2.45) is 0 Å². The van der Waals surface area contributed by atoms with E-state index in [1.807, 2.05) is 6.20 Å². The van der Waals surface area contributed by atoms with Crippen LogP contribution in [0.5, 0.6) is 0 Å². The lowest BCUT2D eigenvalue weighted by Crippen LogP contribution is -2.08. The highest BCUT2D eigenvalue weighted by molar-refractivity contribution is 5.35. The Morgan fingerprint density at radius 1 is 1.67 bits per heavy atom. The van der Waals surface area contributed by atoms with Crippen molar-refractivity contribution < 1.29 is 0 Å². The molecule has 0 saturated carbocycles. The molecule has 1 aliphatic rings. The zero-order chi connectivity index (χ0) is 8.55. The smallest absolute Gasteiger partial charge is 0.0280 e. The largest absolute Gasteiger partial charge is 0.328 e. The molecule has 0 radical (unpaired) electrons. The first-order valence-electron chi connectivity index (χ1n) is 4.65. The minimum absolute atomic E-state index is 0.710. The summed E-state index contributed by atoms with van der Waals surface area (Å²) in [5.41, 5.74) is 3.00. The lowest BCUT2D eigenvalue weighted by Gasteiger charge is -2.20. The van der Waals surface area contributed by atoms with Crippen LogP contribution in [0.15, 0.2) is 18.8 Å². The molecule has 0 bridgehead atoms. The third-order valence-electron chi connectivity index (χ3n) is 2.79. The number of hydrogen-bond acceptors (Lipinski definition) is 0. The van der Waals surface area contributed by atoms with Crippen LogP contribution in [-0.2, 0) is 6.42 Å². The Kier molecular flexibility index (Phi) is 1.80. The summed E-state index contributed by atoms with van der Waals surface area (Å²) >= 11 is 0. The molecule has 0 aliphatic heterocycles. The molecule has 64 valence electrons. The average molecular weight is 161 g/mol. The van der Waals surface area contributed by atoms with E-state index >= 15 is 0 Å². The molecular weight excluding hydrogens is 146 g/mol. The van der Waals surface area contributed by atoms with Crippen LogP contribution < -0.4 is 0 Å². The van der Waals surface area contributed by atoms with Crippen molar-refractivity contribution >= 4 is 6.20 Å². The predicted molar refractivity (Wildman–Crippen MR) is 52.2 cm³/mol. The van der Waals surface area contributed by atoms with Crippen LogP contribution in [0, 0.1) is 0 Å². The van der Waals surface area contributed by atoms with E-state index < -0.39 is 0 Å². The van der Waals surface area contributed by atoms with E-state index in [4.69, 9.17) is 0 Å². The third-order valence-corrected chi connectivity index (χ3v) is 2.79. The molecule has 1 nitrogen and oxygen atoms in total. The summed E-state index contributed by atoms with van der Waals surface area (Å²) < 4.78 is 2.17. The molecule has 1 unspecified atom stereocenters. The van der Waals surface area contributed by atoms with E-state index in [-0.39, 0.29) is 0 Å². The predicted octanol–water partition coefficient (Wildman–Crippen LogP) is 3.03. The topological polar surface area (TPSA) is 4.93 Å². The fourth-order valence-corrected chi connectivity index (χ4v) is 2.18. The normalized spacial score (nSPS) is 21.9. The van der Waals surface area contributed by atoms with E-state index in [1.165, 1.54) is 30.5 Å². The fraction of sp³-hybridized carbons (Fsp3) is 0.455. The Morgan fingerprint density at radius 3 is 3.25 bits per heavy atom. The van der Waals surface area contributed by atoms with Crippen LogP contribution in [0.3, 0.4) is 0 Å². The Labute approximate surface area is 73.7 Å². The summed E-state index contributed by atoms with van der Waals surface area (Å²) in [6.07, 6.45) is 7.95. The van der Waals surface area contributed by atoms with Crippen molar-refractivity contribution in [3.63, 3.8) is 0 Å². The molecule has 1 heteroatoms. The van der Waals surface area contributed by atoms with E-state index in [0.717, 1.165) is 0 Å². The first kappa shape index (κ1) is 7.66. The quantitative estimate of drug-likeness (QED) is 0.596. The van der Waals surface area contributed by atoms with Gasteiger partial charge in [-0.15, -0.1) is 0 Å². The van der Waals surface area contributed by atoms with Gasteiger partial charge in [-0.25, -0.2) is 0 Å². The molecule has 1 atom stereocenters. The van der Waals surface area contributed by atoms with Crippen LogP contribution in [0.2, 0.25) is 0 Å². The molecule has 1 aromatic heterocycles. The number of nitrogens with zero attached hydrogens (tertiary/aromatic N) is 1. The number of rotatable bonds is 1. The second-order valence-electron chi connectivity index (χ2n) is 3.61. The lowest BCUT2D eigenvalue weighted by atomic mass is 9.89. The minimum Gasteiger partial charge on any atom is -0.328 e. The van der Waals surface area contributed by atoms with E-state index in [0.29, 0.717) is 5.92 Å². The molecule has 2 rings (SSSR count). The Bertz CT molecular complexity index is 296. The highest BCUT2D eigenvalue weighted by atomic mass is 14.9. The molecular formula is C11H15N. The molecule has 0 N–H and O–H groups in total. The van der Waals surface area contributed by atoms with Gasteiger partial charge in [0.05, 0.1) is 0 Å². The molecule has 0 aromatic carbocycles. The van der Waals surface area contributed by atoms with Crippen LogP contribution in [-0.4, -0.2) is 4.57 Å². The van der Waals surface area contributed by atoms with E-state index in [2.05, 4.69) is 30.3 Å². The van der Waals surface area contributed by atoms with E-state index in [9.17, 15) is 0 Å². The van der Waals surface area contributed by atoms with Crippen molar-refractivity contribution in [2.45, 2.75) is 32.1 Å². The maximum absolute atomic E-state index is 3.81. The summed E-state index contributed by atoms with van der Waals surface area (Å²) in [7, 11) is 0. The maximum Gasteiger partial charge on any atom is 0.0280 e. The van der Waals surface area contributed by atoms with Gasteiger partial charge in [-0.1, -0.05) is 13.5 Å². The van der Waals surface area contributed by atoms with Crippen molar-refractivity contribution in [1.82, 2.24) is 4.57 Å². The van der Waals surface area contributed by atoms with Crippen molar-refractivity contribution in [2.75, 3.05) is 0 Å². The second-order valence-corrected chi connectivity index (χ2v) is 3.61. The molecule has 1 heterocycles. The zero-order valence-corrected chi connectivity index (χ0v) is 7.59. The molecule has 0 amide bonds. The van der Waals surface area contributed by atoms with Gasteiger partial charge >= 0.3 is 0 Å². The van der Waals surface area contributed by atoms with Crippen LogP contribution >= 0.6 is 0 Å². The molecule has 12 heavy (non-hydrogen) atoms. The number of fused-ring (bicyclic) bond motifs is 1. The van der Waals surface area contributed by atoms with E-state index in [1.54, 1.807) is 0 Å². The van der Waals surface area contributed by atoms with Gasteiger partial charge in [0.15, 0.2) is 0 Å². The average Bonchev–Trinajstić information content (AvgIpc) is 2.49. The molecule has 1 aromatic rings. The van der Waals surface area contributed by atoms with Crippen LogP contribution in [0.4, 0.5) is 0 Å². The third kappa shape index (κ3) is 1.01. The summed E-state index contributed by atoms with van der Waals surface area (Å²) in [6, 6.07) is 2.23. The molecule has 1 aliphatic carbocycles. The van der Waals surface area contributed by atoms with Crippen molar-refractivity contribution in [3.05, 3.63) is 30.1 Å².